The van der Waals surface area contributed by atoms with Crippen LogP contribution in [-0.4, -0.2) is 5.84 Å². The zero-order valence-electron chi connectivity index (χ0n) is 11.9. The summed E-state index contributed by atoms with van der Waals surface area (Å²) in [5, 5.41) is 20.3. The van der Waals surface area contributed by atoms with Gasteiger partial charge in [-0.3, -0.25) is 5.43 Å². The predicted octanol–water partition coefficient (Wildman–Crippen LogP) is 5.39. The molecule has 2 rings (SSSR count). The molecule has 0 aromatic heterocycles. The lowest BCUT2D eigenvalue weighted by molar-refractivity contribution is -0.137. The molecule has 2 aromatic carbocycles. The molecule has 0 saturated carbocycles. The van der Waals surface area contributed by atoms with Gasteiger partial charge < -0.3 is 0 Å². The van der Waals surface area contributed by atoms with Crippen LogP contribution in [0.4, 0.5) is 24.5 Å². The molecule has 0 atom stereocenters. The Kier molecular flexibility index (Phi) is 5.50. The lowest BCUT2D eigenvalue weighted by Gasteiger charge is -2.05. The van der Waals surface area contributed by atoms with Crippen molar-refractivity contribution in [3.63, 3.8) is 0 Å². The van der Waals surface area contributed by atoms with Crippen molar-refractivity contribution in [2.75, 3.05) is 5.43 Å². The smallest absolute Gasteiger partial charge is 0.276 e. The Morgan fingerprint density at radius 1 is 1.12 bits per heavy atom. The average Bonchev–Trinajstić information content (AvgIpc) is 2.56. The minimum absolute atomic E-state index is 0.0423. The number of amidine groups is 1. The van der Waals surface area contributed by atoms with E-state index in [1.165, 1.54) is 12.1 Å². The topological polar surface area (TPSA) is 72.9 Å². The van der Waals surface area contributed by atoms with Crippen molar-refractivity contribution >= 4 is 28.8 Å². The molecule has 0 unspecified atom stereocenters. The minimum atomic E-state index is -4.48. The Bertz CT molecular complexity index is 807. The molecule has 24 heavy (non-hydrogen) atoms. The first-order valence-electron chi connectivity index (χ1n) is 6.47. The molecule has 0 radical (unpaired) electrons. The van der Waals surface area contributed by atoms with Gasteiger partial charge in [0.2, 0.25) is 0 Å². The Balaban J connectivity index is 2.12. The molecule has 0 spiro atoms. The van der Waals surface area contributed by atoms with Crippen molar-refractivity contribution in [1.82, 2.24) is 0 Å². The van der Waals surface area contributed by atoms with Gasteiger partial charge in [0.05, 0.1) is 16.9 Å². The van der Waals surface area contributed by atoms with Crippen LogP contribution in [0.1, 0.15) is 5.56 Å². The van der Waals surface area contributed by atoms with Gasteiger partial charge in [0.15, 0.2) is 0 Å². The molecule has 5 nitrogen and oxygen atoms in total. The summed E-state index contributed by atoms with van der Waals surface area (Å²) in [6.07, 6.45) is -4.48. The standard InChI is InChI=1S/C15H9ClF3N5/c16-11-4-6-12(7-5-11)21-23-14(9-20)24-22-13-3-1-2-10(8-13)15(17,18)19/h1-8,21H. The number of rotatable bonds is 3. The summed E-state index contributed by atoms with van der Waals surface area (Å²) in [5.74, 6) is -0.345. The van der Waals surface area contributed by atoms with E-state index in [1.54, 1.807) is 30.3 Å². The molecule has 1 N–H and O–H groups in total. The van der Waals surface area contributed by atoms with Crippen molar-refractivity contribution in [3.05, 3.63) is 59.1 Å². The summed E-state index contributed by atoms with van der Waals surface area (Å²) < 4.78 is 37.8. The summed E-state index contributed by atoms with van der Waals surface area (Å²) in [7, 11) is 0. The lowest BCUT2D eigenvalue weighted by Crippen LogP contribution is -2.03. The highest BCUT2D eigenvalue weighted by atomic mass is 35.5. The zero-order chi connectivity index (χ0) is 17.6. The van der Waals surface area contributed by atoms with Crippen molar-refractivity contribution in [2.24, 2.45) is 15.3 Å². The number of hydrazone groups is 1. The van der Waals surface area contributed by atoms with E-state index in [4.69, 9.17) is 16.9 Å². The van der Waals surface area contributed by atoms with Gasteiger partial charge in [-0.2, -0.15) is 18.4 Å². The highest BCUT2D eigenvalue weighted by Crippen LogP contribution is 2.31. The number of nitriles is 1. The van der Waals surface area contributed by atoms with Crippen LogP contribution in [0.3, 0.4) is 0 Å². The molecule has 0 saturated heterocycles. The van der Waals surface area contributed by atoms with Gasteiger partial charge in [0, 0.05) is 5.02 Å². The summed E-state index contributed by atoms with van der Waals surface area (Å²) in [4.78, 5) is 0. The van der Waals surface area contributed by atoms with Gasteiger partial charge in [0.1, 0.15) is 6.07 Å². The van der Waals surface area contributed by atoms with Crippen LogP contribution < -0.4 is 5.43 Å². The monoisotopic (exact) mass is 351 g/mol. The SMILES string of the molecule is N#CC(N=Nc1cccc(C(F)(F)F)c1)=NNc1ccc(Cl)cc1. The Labute approximate surface area is 140 Å². The molecular weight excluding hydrogens is 343 g/mol. The van der Waals surface area contributed by atoms with Crippen LogP contribution in [0, 0.1) is 11.3 Å². The number of azo groups is 1. The molecule has 0 fully saturated rings. The zero-order valence-corrected chi connectivity index (χ0v) is 12.7. The summed E-state index contributed by atoms with van der Waals surface area (Å²) in [6, 6.07) is 12.5. The second kappa shape index (κ2) is 7.57. The first-order valence-corrected chi connectivity index (χ1v) is 6.84. The molecule has 2 aromatic rings. The van der Waals surface area contributed by atoms with Crippen LogP contribution in [0.2, 0.25) is 5.02 Å². The number of nitrogens with zero attached hydrogens (tertiary/aromatic N) is 4. The van der Waals surface area contributed by atoms with Gasteiger partial charge in [-0.1, -0.05) is 17.7 Å². The quantitative estimate of drug-likeness (QED) is 0.348. The van der Waals surface area contributed by atoms with E-state index in [2.05, 4.69) is 20.8 Å². The highest BCUT2D eigenvalue weighted by Gasteiger charge is 2.30. The maximum absolute atomic E-state index is 12.6. The first kappa shape index (κ1) is 17.4. The van der Waals surface area contributed by atoms with E-state index in [0.29, 0.717) is 10.7 Å². The molecule has 0 amide bonds. The minimum Gasteiger partial charge on any atom is -0.276 e. The fourth-order valence-electron chi connectivity index (χ4n) is 1.56. The number of alkyl halides is 3. The molecule has 0 aliphatic carbocycles. The maximum Gasteiger partial charge on any atom is 0.416 e. The van der Waals surface area contributed by atoms with E-state index >= 15 is 0 Å². The van der Waals surface area contributed by atoms with Crippen LogP contribution >= 0.6 is 11.6 Å². The number of benzene rings is 2. The van der Waals surface area contributed by atoms with Crippen LogP contribution in [0.5, 0.6) is 0 Å². The van der Waals surface area contributed by atoms with E-state index in [-0.39, 0.29) is 11.5 Å². The normalized spacial score (nSPS) is 12.2. The second-order valence-electron chi connectivity index (χ2n) is 4.41. The van der Waals surface area contributed by atoms with Crippen molar-refractivity contribution in [3.8, 4) is 6.07 Å². The fraction of sp³-hybridized carbons (Fsp3) is 0.0667. The molecule has 0 aliphatic heterocycles. The van der Waals surface area contributed by atoms with Gasteiger partial charge in [-0.05, 0) is 42.5 Å². The largest absolute Gasteiger partial charge is 0.416 e. The molecule has 0 heterocycles. The van der Waals surface area contributed by atoms with Crippen molar-refractivity contribution in [1.29, 1.82) is 5.26 Å². The summed E-state index contributed by atoms with van der Waals surface area (Å²) >= 11 is 5.73. The van der Waals surface area contributed by atoms with E-state index in [9.17, 15) is 13.2 Å². The highest BCUT2D eigenvalue weighted by molar-refractivity contribution is 6.30. The lowest BCUT2D eigenvalue weighted by atomic mass is 10.2. The molecule has 0 bridgehead atoms. The fourth-order valence-corrected chi connectivity index (χ4v) is 1.69. The number of anilines is 1. The average molecular weight is 352 g/mol. The Morgan fingerprint density at radius 2 is 1.83 bits per heavy atom. The number of nitrogens with one attached hydrogen (secondary N) is 1. The van der Waals surface area contributed by atoms with E-state index in [0.717, 1.165) is 12.1 Å². The third kappa shape index (κ3) is 5.07. The Hall–Kier alpha value is -2.92. The van der Waals surface area contributed by atoms with Crippen LogP contribution in [-0.2, 0) is 6.18 Å². The second-order valence-corrected chi connectivity index (χ2v) is 4.85. The van der Waals surface area contributed by atoms with Gasteiger partial charge in [-0.15, -0.1) is 15.3 Å². The number of hydrogen-bond acceptors (Lipinski definition) is 4. The molecule has 0 aliphatic rings. The first-order chi connectivity index (χ1) is 11.4. The molecular formula is C15H9ClF3N5. The van der Waals surface area contributed by atoms with Crippen molar-refractivity contribution in [2.45, 2.75) is 6.18 Å². The number of hydrogen-bond donors (Lipinski definition) is 1. The van der Waals surface area contributed by atoms with E-state index < -0.39 is 11.7 Å². The Morgan fingerprint density at radius 3 is 2.46 bits per heavy atom. The van der Waals surface area contributed by atoms with Gasteiger partial charge >= 0.3 is 6.18 Å². The maximum atomic E-state index is 12.6. The third-order valence-electron chi connectivity index (χ3n) is 2.67. The summed E-state index contributed by atoms with van der Waals surface area (Å²) in [5.41, 5.74) is 2.23. The third-order valence-corrected chi connectivity index (χ3v) is 2.92. The van der Waals surface area contributed by atoms with E-state index in [1.807, 2.05) is 0 Å². The predicted molar refractivity (Wildman–Crippen MR) is 84.1 cm³/mol. The van der Waals surface area contributed by atoms with Crippen molar-refractivity contribution < 1.29 is 13.2 Å². The van der Waals surface area contributed by atoms with Gasteiger partial charge in [-0.25, -0.2) is 0 Å². The van der Waals surface area contributed by atoms with Gasteiger partial charge in [0.25, 0.3) is 5.84 Å². The molecule has 9 heteroatoms. The molecule has 122 valence electrons. The summed E-state index contributed by atoms with van der Waals surface area (Å²) in [6.45, 7) is 0. The van der Waals surface area contributed by atoms with Crippen LogP contribution in [0.25, 0.3) is 0 Å². The number of halogens is 4. The van der Waals surface area contributed by atoms with Crippen LogP contribution in [0.15, 0.2) is 63.9 Å².